The van der Waals surface area contributed by atoms with Crippen LogP contribution in [0.1, 0.15) is 35.7 Å². The zero-order valence-electron chi connectivity index (χ0n) is 13.6. The highest BCUT2D eigenvalue weighted by Crippen LogP contribution is 2.32. The molecular formula is C20H20N2O2. The van der Waals surface area contributed by atoms with Crippen molar-refractivity contribution in [2.45, 2.75) is 32.2 Å². The Morgan fingerprint density at radius 2 is 1.96 bits per heavy atom. The van der Waals surface area contributed by atoms with Gasteiger partial charge in [-0.3, -0.25) is 14.8 Å². The number of aryl methyl sites for hydroxylation is 1. The summed E-state index contributed by atoms with van der Waals surface area (Å²) in [5.74, 6) is 0.101. The topological polar surface area (TPSA) is 62.6 Å². The SMILES string of the molecule is Cc1cccc(CN=CC2=C(O)CC(c3ccccc3)CC2=O)n1. The van der Waals surface area contributed by atoms with E-state index in [1.165, 1.54) is 6.21 Å². The number of carbonyl (C=O) groups is 1. The Morgan fingerprint density at radius 1 is 1.17 bits per heavy atom. The maximum Gasteiger partial charge on any atom is 0.168 e. The summed E-state index contributed by atoms with van der Waals surface area (Å²) in [4.78, 5) is 21.0. The van der Waals surface area contributed by atoms with Gasteiger partial charge in [-0.1, -0.05) is 36.4 Å². The fourth-order valence-corrected chi connectivity index (χ4v) is 2.94. The molecule has 1 N–H and O–H groups in total. The molecule has 1 atom stereocenters. The number of nitrogens with zero attached hydrogens (tertiary/aromatic N) is 2. The first kappa shape index (κ1) is 16.1. The van der Waals surface area contributed by atoms with Gasteiger partial charge in [-0.25, -0.2) is 0 Å². The number of Topliss-reactive ketones (excluding diaryl/α,β-unsaturated/α-hetero) is 1. The van der Waals surface area contributed by atoms with Crippen LogP contribution in [-0.2, 0) is 11.3 Å². The monoisotopic (exact) mass is 320 g/mol. The zero-order valence-corrected chi connectivity index (χ0v) is 13.6. The van der Waals surface area contributed by atoms with Gasteiger partial charge in [0.1, 0.15) is 5.76 Å². The molecule has 0 amide bonds. The molecule has 0 spiro atoms. The maximum atomic E-state index is 12.4. The predicted molar refractivity (Wildman–Crippen MR) is 94.2 cm³/mol. The van der Waals surface area contributed by atoms with Gasteiger partial charge in [0.2, 0.25) is 0 Å². The zero-order chi connectivity index (χ0) is 16.9. The molecule has 1 aliphatic rings. The van der Waals surface area contributed by atoms with Gasteiger partial charge in [-0.05, 0) is 30.5 Å². The minimum absolute atomic E-state index is 0.0364. The third-order valence-corrected chi connectivity index (χ3v) is 4.17. The molecule has 4 nitrogen and oxygen atoms in total. The Kier molecular flexibility index (Phi) is 4.85. The van der Waals surface area contributed by atoms with Crippen LogP contribution in [0.2, 0.25) is 0 Å². The number of hydrogen-bond acceptors (Lipinski definition) is 4. The maximum absolute atomic E-state index is 12.4. The van der Waals surface area contributed by atoms with E-state index in [4.69, 9.17) is 0 Å². The molecule has 3 rings (SSSR count). The number of ketones is 1. The van der Waals surface area contributed by atoms with Crippen molar-refractivity contribution in [1.82, 2.24) is 4.98 Å². The lowest BCUT2D eigenvalue weighted by Gasteiger charge is -2.22. The van der Waals surface area contributed by atoms with Crippen LogP contribution >= 0.6 is 0 Å². The first-order valence-corrected chi connectivity index (χ1v) is 8.06. The van der Waals surface area contributed by atoms with Crippen molar-refractivity contribution in [3.8, 4) is 0 Å². The van der Waals surface area contributed by atoms with Crippen molar-refractivity contribution in [3.05, 3.63) is 76.8 Å². The van der Waals surface area contributed by atoms with Crippen LogP contribution in [0.15, 0.2) is 64.9 Å². The molecule has 1 unspecified atom stereocenters. The van der Waals surface area contributed by atoms with E-state index >= 15 is 0 Å². The van der Waals surface area contributed by atoms with Crippen molar-refractivity contribution in [3.63, 3.8) is 0 Å². The Labute approximate surface area is 141 Å². The summed E-state index contributed by atoms with van der Waals surface area (Å²) in [6, 6.07) is 15.6. The van der Waals surface area contributed by atoms with E-state index in [-0.39, 0.29) is 17.5 Å². The molecule has 1 heterocycles. The predicted octanol–water partition coefficient (Wildman–Crippen LogP) is 3.92. The number of rotatable bonds is 4. The minimum atomic E-state index is -0.0615. The molecule has 1 aromatic carbocycles. The van der Waals surface area contributed by atoms with Crippen LogP contribution < -0.4 is 0 Å². The van der Waals surface area contributed by atoms with E-state index in [2.05, 4.69) is 9.98 Å². The Balaban J connectivity index is 1.71. The van der Waals surface area contributed by atoms with Crippen molar-refractivity contribution in [2.75, 3.05) is 0 Å². The highest BCUT2D eigenvalue weighted by atomic mass is 16.3. The summed E-state index contributed by atoms with van der Waals surface area (Å²) in [7, 11) is 0. The van der Waals surface area contributed by atoms with E-state index in [9.17, 15) is 9.90 Å². The normalized spacial score (nSPS) is 18.4. The fourth-order valence-electron chi connectivity index (χ4n) is 2.94. The van der Waals surface area contributed by atoms with Gasteiger partial charge in [0.25, 0.3) is 0 Å². The molecule has 4 heteroatoms. The van der Waals surface area contributed by atoms with Gasteiger partial charge in [-0.2, -0.15) is 0 Å². The molecule has 0 saturated heterocycles. The summed E-state index contributed by atoms with van der Waals surface area (Å²) in [5, 5.41) is 10.3. The smallest absolute Gasteiger partial charge is 0.168 e. The molecule has 1 aromatic heterocycles. The van der Waals surface area contributed by atoms with Gasteiger partial charge in [0.15, 0.2) is 5.78 Å². The van der Waals surface area contributed by atoms with Crippen molar-refractivity contribution in [2.24, 2.45) is 4.99 Å². The number of hydrogen-bond donors (Lipinski definition) is 1. The molecule has 2 aromatic rings. The number of pyridine rings is 1. The molecule has 122 valence electrons. The lowest BCUT2D eigenvalue weighted by molar-refractivity contribution is -0.116. The molecule has 0 saturated carbocycles. The average Bonchev–Trinajstić information content (AvgIpc) is 2.58. The summed E-state index contributed by atoms with van der Waals surface area (Å²) in [5.41, 5.74) is 3.19. The summed E-state index contributed by atoms with van der Waals surface area (Å²) in [6.07, 6.45) is 2.36. The van der Waals surface area contributed by atoms with E-state index in [1.807, 2.05) is 55.5 Å². The van der Waals surface area contributed by atoms with Crippen molar-refractivity contribution >= 4 is 12.0 Å². The first-order valence-electron chi connectivity index (χ1n) is 8.06. The highest BCUT2D eigenvalue weighted by molar-refractivity contribution is 6.14. The Morgan fingerprint density at radius 3 is 2.67 bits per heavy atom. The van der Waals surface area contributed by atoms with Crippen LogP contribution in [0.25, 0.3) is 0 Å². The molecule has 0 fully saturated rings. The number of aliphatic hydroxyl groups excluding tert-OH is 1. The molecular weight excluding hydrogens is 300 g/mol. The third-order valence-electron chi connectivity index (χ3n) is 4.17. The van der Waals surface area contributed by atoms with Gasteiger partial charge in [-0.15, -0.1) is 0 Å². The van der Waals surface area contributed by atoms with Crippen molar-refractivity contribution < 1.29 is 9.90 Å². The van der Waals surface area contributed by atoms with E-state index in [0.29, 0.717) is 25.0 Å². The second kappa shape index (κ2) is 7.21. The molecule has 0 radical (unpaired) electrons. The van der Waals surface area contributed by atoms with Gasteiger partial charge in [0.05, 0.1) is 17.8 Å². The van der Waals surface area contributed by atoms with Crippen LogP contribution in [0.3, 0.4) is 0 Å². The number of aliphatic hydroxyl groups is 1. The Hall–Kier alpha value is -2.75. The lowest BCUT2D eigenvalue weighted by Crippen LogP contribution is -2.19. The fraction of sp³-hybridized carbons (Fsp3) is 0.250. The highest BCUT2D eigenvalue weighted by Gasteiger charge is 2.27. The van der Waals surface area contributed by atoms with Gasteiger partial charge in [0, 0.05) is 24.8 Å². The number of aliphatic imine (C=N–C) groups is 1. The molecule has 1 aliphatic carbocycles. The number of benzene rings is 1. The third kappa shape index (κ3) is 3.77. The largest absolute Gasteiger partial charge is 0.511 e. The number of allylic oxidation sites excluding steroid dienone is 2. The van der Waals surface area contributed by atoms with Crippen LogP contribution in [-0.4, -0.2) is 22.1 Å². The summed E-state index contributed by atoms with van der Waals surface area (Å²) < 4.78 is 0. The molecule has 0 aliphatic heterocycles. The van der Waals surface area contributed by atoms with E-state index in [1.54, 1.807) is 0 Å². The molecule has 0 bridgehead atoms. The quantitative estimate of drug-likeness (QED) is 0.869. The van der Waals surface area contributed by atoms with Crippen molar-refractivity contribution in [1.29, 1.82) is 0 Å². The molecule has 24 heavy (non-hydrogen) atoms. The average molecular weight is 320 g/mol. The minimum Gasteiger partial charge on any atom is -0.511 e. The van der Waals surface area contributed by atoms with Gasteiger partial charge < -0.3 is 5.11 Å². The van der Waals surface area contributed by atoms with E-state index < -0.39 is 0 Å². The summed E-state index contributed by atoms with van der Waals surface area (Å²) in [6.45, 7) is 2.32. The number of aromatic nitrogens is 1. The van der Waals surface area contributed by atoms with Crippen LogP contribution in [0.5, 0.6) is 0 Å². The summed E-state index contributed by atoms with van der Waals surface area (Å²) >= 11 is 0. The second-order valence-corrected chi connectivity index (χ2v) is 6.04. The lowest BCUT2D eigenvalue weighted by atomic mass is 9.83. The van der Waals surface area contributed by atoms with E-state index in [0.717, 1.165) is 17.0 Å². The first-order chi connectivity index (χ1) is 11.6. The second-order valence-electron chi connectivity index (χ2n) is 6.04. The Bertz CT molecular complexity index is 794. The number of carbonyl (C=O) groups excluding carboxylic acids is 1. The van der Waals surface area contributed by atoms with Gasteiger partial charge >= 0.3 is 0 Å². The van der Waals surface area contributed by atoms with Crippen LogP contribution in [0.4, 0.5) is 0 Å². The standard InChI is InChI=1S/C20H20N2O2/c1-14-6-5-9-17(22-14)12-21-13-18-19(23)10-16(11-20(18)24)15-7-3-2-4-8-15/h2-9,13,16,23H,10-12H2,1H3. The van der Waals surface area contributed by atoms with Crippen LogP contribution in [0, 0.1) is 6.92 Å².